The number of nitrogens with zero attached hydrogens (tertiary/aromatic N) is 1. The van der Waals surface area contributed by atoms with Crippen molar-refractivity contribution in [3.8, 4) is 38.6 Å². The van der Waals surface area contributed by atoms with Gasteiger partial charge in [-0.05, 0) is 63.7 Å². The lowest BCUT2D eigenvalue weighted by molar-refractivity contribution is 0.477. The molecule has 4 aromatic carbocycles. The van der Waals surface area contributed by atoms with Gasteiger partial charge in [-0.1, -0.05) is 68.4 Å². The molecule has 0 saturated carbocycles. The molecule has 0 amide bonds. The quantitative estimate of drug-likeness (QED) is 0.319. The van der Waals surface area contributed by atoms with E-state index in [1.54, 1.807) is 17.4 Å². The fourth-order valence-corrected chi connectivity index (χ4v) is 5.75. The van der Waals surface area contributed by atoms with Crippen LogP contribution in [0, 0.1) is 0 Å². The van der Waals surface area contributed by atoms with Crippen molar-refractivity contribution in [2.75, 3.05) is 0 Å². The standard InChI is InChI=1S/C28H21NOS/c1-28(2)22-8-4-3-7-19(22)20-13-11-18(16-23(20)28)17-12-14-25(30)21(15-17)27-29-24-9-5-6-10-26(24)31-27/h3-16,30H,1-2H3. The van der Waals surface area contributed by atoms with E-state index in [1.807, 2.05) is 24.3 Å². The fourth-order valence-electron chi connectivity index (χ4n) is 4.76. The number of hydrogen-bond acceptors (Lipinski definition) is 3. The molecule has 0 saturated heterocycles. The van der Waals surface area contributed by atoms with Crippen molar-refractivity contribution in [2.45, 2.75) is 19.3 Å². The second-order valence-electron chi connectivity index (χ2n) is 8.65. The van der Waals surface area contributed by atoms with Crippen LogP contribution < -0.4 is 0 Å². The van der Waals surface area contributed by atoms with E-state index in [2.05, 4.69) is 68.4 Å². The first kappa shape index (κ1) is 18.3. The van der Waals surface area contributed by atoms with Crippen LogP contribution in [0.5, 0.6) is 5.75 Å². The number of phenols is 1. The maximum absolute atomic E-state index is 10.6. The third kappa shape index (κ3) is 2.74. The van der Waals surface area contributed by atoms with Crippen molar-refractivity contribution in [2.24, 2.45) is 0 Å². The van der Waals surface area contributed by atoms with Crippen LogP contribution in [0.3, 0.4) is 0 Å². The van der Waals surface area contributed by atoms with Crippen LogP contribution in [-0.2, 0) is 5.41 Å². The van der Waals surface area contributed by atoms with Crippen LogP contribution in [-0.4, -0.2) is 10.1 Å². The largest absolute Gasteiger partial charge is 0.507 e. The van der Waals surface area contributed by atoms with E-state index in [0.717, 1.165) is 31.9 Å². The Balaban J connectivity index is 1.48. The summed E-state index contributed by atoms with van der Waals surface area (Å²) in [5, 5.41) is 11.4. The van der Waals surface area contributed by atoms with E-state index in [-0.39, 0.29) is 11.2 Å². The molecular weight excluding hydrogens is 398 g/mol. The summed E-state index contributed by atoms with van der Waals surface area (Å²) in [4.78, 5) is 4.75. The van der Waals surface area contributed by atoms with Gasteiger partial charge in [0.1, 0.15) is 10.8 Å². The Labute approximate surface area is 185 Å². The van der Waals surface area contributed by atoms with Gasteiger partial charge in [0.05, 0.1) is 15.8 Å². The van der Waals surface area contributed by atoms with E-state index in [4.69, 9.17) is 4.98 Å². The maximum atomic E-state index is 10.6. The Morgan fingerprint density at radius 3 is 2.29 bits per heavy atom. The van der Waals surface area contributed by atoms with E-state index < -0.39 is 0 Å². The van der Waals surface area contributed by atoms with Crippen LogP contribution in [0.4, 0.5) is 0 Å². The molecule has 5 aromatic rings. The zero-order valence-corrected chi connectivity index (χ0v) is 18.2. The molecule has 0 fully saturated rings. The Kier molecular flexibility index (Phi) is 3.87. The molecule has 1 aliphatic carbocycles. The molecular formula is C28H21NOS. The van der Waals surface area contributed by atoms with Gasteiger partial charge in [-0.25, -0.2) is 4.98 Å². The van der Waals surface area contributed by atoms with E-state index >= 15 is 0 Å². The van der Waals surface area contributed by atoms with Gasteiger partial charge >= 0.3 is 0 Å². The maximum Gasteiger partial charge on any atom is 0.128 e. The summed E-state index contributed by atoms with van der Waals surface area (Å²) in [7, 11) is 0. The lowest BCUT2D eigenvalue weighted by Gasteiger charge is -2.22. The highest BCUT2D eigenvalue weighted by Gasteiger charge is 2.35. The number of para-hydroxylation sites is 1. The van der Waals surface area contributed by atoms with Gasteiger partial charge in [0.2, 0.25) is 0 Å². The van der Waals surface area contributed by atoms with Crippen LogP contribution >= 0.6 is 11.3 Å². The molecule has 0 aliphatic heterocycles. The summed E-state index contributed by atoms with van der Waals surface area (Å²) in [5.74, 6) is 0.261. The van der Waals surface area contributed by atoms with E-state index in [0.29, 0.717) is 0 Å². The zero-order chi connectivity index (χ0) is 21.2. The Bertz CT molecular complexity index is 1440. The Morgan fingerprint density at radius 1 is 0.710 bits per heavy atom. The number of aromatic hydroxyl groups is 1. The number of rotatable bonds is 2. The van der Waals surface area contributed by atoms with Gasteiger partial charge < -0.3 is 5.11 Å². The molecule has 0 bridgehead atoms. The minimum atomic E-state index is -0.0330. The third-order valence-electron chi connectivity index (χ3n) is 6.44. The van der Waals surface area contributed by atoms with Crippen LogP contribution in [0.25, 0.3) is 43.0 Å². The molecule has 6 rings (SSSR count). The molecule has 1 heterocycles. The van der Waals surface area contributed by atoms with E-state index in [9.17, 15) is 5.11 Å². The highest BCUT2D eigenvalue weighted by Crippen LogP contribution is 2.49. The predicted molar refractivity (Wildman–Crippen MR) is 130 cm³/mol. The monoisotopic (exact) mass is 419 g/mol. The van der Waals surface area contributed by atoms with Crippen molar-refractivity contribution in [3.05, 3.63) is 96.1 Å². The van der Waals surface area contributed by atoms with Crippen molar-refractivity contribution in [1.82, 2.24) is 4.98 Å². The van der Waals surface area contributed by atoms with Gasteiger partial charge in [-0.3, -0.25) is 0 Å². The summed E-state index contributed by atoms with van der Waals surface area (Å²) < 4.78 is 1.12. The molecule has 2 nitrogen and oxygen atoms in total. The molecule has 1 aromatic heterocycles. The smallest absolute Gasteiger partial charge is 0.128 e. The summed E-state index contributed by atoms with van der Waals surface area (Å²) >= 11 is 1.61. The van der Waals surface area contributed by atoms with Crippen LogP contribution in [0.15, 0.2) is 84.9 Å². The molecule has 3 heteroatoms. The van der Waals surface area contributed by atoms with Gasteiger partial charge in [0.25, 0.3) is 0 Å². The third-order valence-corrected chi connectivity index (χ3v) is 7.51. The Morgan fingerprint density at radius 2 is 1.42 bits per heavy atom. The predicted octanol–water partition coefficient (Wildman–Crippen LogP) is 7.64. The Hall–Kier alpha value is -3.43. The minimum Gasteiger partial charge on any atom is -0.507 e. The van der Waals surface area contributed by atoms with Crippen molar-refractivity contribution in [3.63, 3.8) is 0 Å². The molecule has 1 N–H and O–H groups in total. The van der Waals surface area contributed by atoms with Crippen molar-refractivity contribution >= 4 is 21.6 Å². The number of thiazole rings is 1. The highest BCUT2D eigenvalue weighted by atomic mass is 32.1. The first-order valence-electron chi connectivity index (χ1n) is 10.5. The number of phenolic OH excluding ortho intramolecular Hbond substituents is 1. The second-order valence-corrected chi connectivity index (χ2v) is 9.68. The van der Waals surface area contributed by atoms with Gasteiger partial charge in [0, 0.05) is 5.41 Å². The number of benzene rings is 4. The summed E-state index contributed by atoms with van der Waals surface area (Å²) in [5.41, 5.74) is 9.32. The zero-order valence-electron chi connectivity index (χ0n) is 17.4. The summed E-state index contributed by atoms with van der Waals surface area (Å²) in [6.07, 6.45) is 0. The lowest BCUT2D eigenvalue weighted by atomic mass is 9.81. The van der Waals surface area contributed by atoms with Crippen molar-refractivity contribution < 1.29 is 5.11 Å². The van der Waals surface area contributed by atoms with Crippen LogP contribution in [0.2, 0.25) is 0 Å². The lowest BCUT2D eigenvalue weighted by Crippen LogP contribution is -2.14. The molecule has 150 valence electrons. The summed E-state index contributed by atoms with van der Waals surface area (Å²) in [6.45, 7) is 4.59. The molecule has 31 heavy (non-hydrogen) atoms. The fraction of sp³-hybridized carbons (Fsp3) is 0.107. The first-order chi connectivity index (χ1) is 15.0. The van der Waals surface area contributed by atoms with Crippen molar-refractivity contribution in [1.29, 1.82) is 0 Å². The van der Waals surface area contributed by atoms with E-state index in [1.165, 1.54) is 22.3 Å². The molecule has 1 aliphatic rings. The number of hydrogen-bond donors (Lipinski definition) is 1. The second kappa shape index (κ2) is 6.53. The van der Waals surface area contributed by atoms with Gasteiger partial charge in [0.15, 0.2) is 0 Å². The SMILES string of the molecule is CC1(C)c2ccccc2-c2ccc(-c3ccc(O)c(-c4nc5ccccc5s4)c3)cc21. The number of aromatic nitrogens is 1. The number of fused-ring (bicyclic) bond motifs is 4. The molecule has 0 unspecified atom stereocenters. The molecule has 0 atom stereocenters. The van der Waals surface area contributed by atoms with Gasteiger partial charge in [-0.2, -0.15) is 0 Å². The first-order valence-corrected chi connectivity index (χ1v) is 11.3. The average molecular weight is 420 g/mol. The highest BCUT2D eigenvalue weighted by molar-refractivity contribution is 7.21. The summed E-state index contributed by atoms with van der Waals surface area (Å²) in [6, 6.07) is 29.3. The molecule has 0 spiro atoms. The average Bonchev–Trinajstić information content (AvgIpc) is 3.31. The minimum absolute atomic E-state index is 0.0330. The van der Waals surface area contributed by atoms with Gasteiger partial charge in [-0.15, -0.1) is 11.3 Å². The molecule has 0 radical (unpaired) electrons. The normalized spacial score (nSPS) is 13.9. The van der Waals surface area contributed by atoms with Crippen LogP contribution in [0.1, 0.15) is 25.0 Å². The topological polar surface area (TPSA) is 33.1 Å².